The van der Waals surface area contributed by atoms with Crippen LogP contribution in [-0.4, -0.2) is 19.1 Å². The molecule has 3 heteroatoms. The smallest absolute Gasteiger partial charge is 0.184 e. The molecule has 0 saturated carbocycles. The van der Waals surface area contributed by atoms with Gasteiger partial charge in [-0.25, -0.2) is 4.98 Å². The minimum atomic E-state index is 0.865. The zero-order valence-electron chi connectivity index (χ0n) is 6.87. The normalized spacial score (nSPS) is 9.64. The molecule has 1 aromatic heterocycles. The molecule has 1 rings (SSSR count). The molecule has 1 heterocycles. The maximum absolute atomic E-state index is 4.37. The van der Waals surface area contributed by atoms with Gasteiger partial charge in [0, 0.05) is 25.9 Å². The first-order valence-corrected chi connectivity index (χ1v) is 4.34. The van der Waals surface area contributed by atoms with E-state index in [9.17, 15) is 0 Å². The Kier molecular flexibility index (Phi) is 2.65. The third-order valence-electron chi connectivity index (χ3n) is 1.28. The summed E-state index contributed by atoms with van der Waals surface area (Å²) in [7, 11) is 3.99. The Bertz CT molecular complexity index is 240. The predicted octanol–water partition coefficient (Wildman–Crippen LogP) is 1.94. The van der Waals surface area contributed by atoms with Crippen LogP contribution in [0.15, 0.2) is 18.0 Å². The van der Waals surface area contributed by atoms with Gasteiger partial charge >= 0.3 is 0 Å². The quantitative estimate of drug-likeness (QED) is 0.641. The van der Waals surface area contributed by atoms with Crippen molar-refractivity contribution in [3.05, 3.63) is 23.7 Å². The molecule has 0 spiro atoms. The molecule has 0 unspecified atom stereocenters. The zero-order valence-corrected chi connectivity index (χ0v) is 7.69. The molecule has 0 saturated heterocycles. The summed E-state index contributed by atoms with van der Waals surface area (Å²) in [5.41, 5.74) is 1.11. The van der Waals surface area contributed by atoms with Gasteiger partial charge in [-0.2, -0.15) is 0 Å². The lowest BCUT2D eigenvalue weighted by atomic mass is 10.3. The van der Waals surface area contributed by atoms with Crippen molar-refractivity contribution in [1.29, 1.82) is 0 Å². The standard InChI is InChI=1S/C8H12N2S/c1-4-5-7-6-11-8(9-7)10(2)3/h4,6H,1,5H2,2-3H3. The number of nitrogens with zero attached hydrogens (tertiary/aromatic N) is 2. The first-order valence-electron chi connectivity index (χ1n) is 3.46. The third kappa shape index (κ3) is 2.05. The topological polar surface area (TPSA) is 16.1 Å². The van der Waals surface area contributed by atoms with Crippen LogP contribution in [0.4, 0.5) is 5.13 Å². The molecule has 0 fully saturated rings. The van der Waals surface area contributed by atoms with Crippen molar-refractivity contribution in [3.8, 4) is 0 Å². The van der Waals surface area contributed by atoms with Crippen LogP contribution in [0, 0.1) is 0 Å². The SMILES string of the molecule is C=CCc1csc(N(C)C)n1. The lowest BCUT2D eigenvalue weighted by Gasteiger charge is -2.05. The summed E-state index contributed by atoms with van der Waals surface area (Å²) in [6.45, 7) is 3.66. The Morgan fingerprint density at radius 3 is 2.91 bits per heavy atom. The molecule has 0 radical (unpaired) electrons. The maximum Gasteiger partial charge on any atom is 0.184 e. The number of hydrogen-bond acceptors (Lipinski definition) is 3. The largest absolute Gasteiger partial charge is 0.354 e. The molecular formula is C8H12N2S. The van der Waals surface area contributed by atoms with E-state index in [-0.39, 0.29) is 0 Å². The summed E-state index contributed by atoms with van der Waals surface area (Å²) in [4.78, 5) is 6.38. The number of allylic oxidation sites excluding steroid dienone is 1. The predicted molar refractivity (Wildman–Crippen MR) is 50.3 cm³/mol. The van der Waals surface area contributed by atoms with Gasteiger partial charge < -0.3 is 4.90 Å². The molecule has 1 aromatic rings. The molecular weight excluding hydrogens is 156 g/mol. The van der Waals surface area contributed by atoms with Gasteiger partial charge in [0.05, 0.1) is 5.69 Å². The Morgan fingerprint density at radius 2 is 2.45 bits per heavy atom. The van der Waals surface area contributed by atoms with Gasteiger partial charge in [0.1, 0.15) is 0 Å². The van der Waals surface area contributed by atoms with E-state index in [0.29, 0.717) is 0 Å². The fourth-order valence-electron chi connectivity index (χ4n) is 0.743. The summed E-state index contributed by atoms with van der Waals surface area (Å²) in [5.74, 6) is 0. The van der Waals surface area contributed by atoms with E-state index in [1.807, 2.05) is 25.1 Å². The second-order valence-corrected chi connectivity index (χ2v) is 3.35. The molecule has 2 nitrogen and oxygen atoms in total. The minimum absolute atomic E-state index is 0.865. The highest BCUT2D eigenvalue weighted by Gasteiger charge is 2.00. The van der Waals surface area contributed by atoms with Crippen LogP contribution >= 0.6 is 11.3 Å². The second kappa shape index (κ2) is 3.53. The summed E-state index contributed by atoms with van der Waals surface area (Å²) in [5, 5.41) is 3.12. The lowest BCUT2D eigenvalue weighted by molar-refractivity contribution is 1.06. The van der Waals surface area contributed by atoms with Crippen LogP contribution in [0.25, 0.3) is 0 Å². The summed E-state index contributed by atoms with van der Waals surface area (Å²) in [6, 6.07) is 0. The van der Waals surface area contributed by atoms with Gasteiger partial charge in [-0.15, -0.1) is 17.9 Å². The number of aromatic nitrogens is 1. The monoisotopic (exact) mass is 168 g/mol. The van der Waals surface area contributed by atoms with Crippen LogP contribution in [0.1, 0.15) is 5.69 Å². The van der Waals surface area contributed by atoms with Crippen molar-refractivity contribution >= 4 is 16.5 Å². The van der Waals surface area contributed by atoms with Crippen molar-refractivity contribution in [2.75, 3.05) is 19.0 Å². The third-order valence-corrected chi connectivity index (χ3v) is 2.33. The first-order chi connectivity index (χ1) is 5.24. The van der Waals surface area contributed by atoms with Crippen LogP contribution < -0.4 is 4.90 Å². The van der Waals surface area contributed by atoms with E-state index < -0.39 is 0 Å². The van der Waals surface area contributed by atoms with E-state index in [1.54, 1.807) is 11.3 Å². The Labute approximate surface area is 71.2 Å². The Hall–Kier alpha value is -0.830. The number of hydrogen-bond donors (Lipinski definition) is 0. The fraction of sp³-hybridized carbons (Fsp3) is 0.375. The molecule has 0 bridgehead atoms. The van der Waals surface area contributed by atoms with Gasteiger partial charge in [0.25, 0.3) is 0 Å². The minimum Gasteiger partial charge on any atom is -0.354 e. The van der Waals surface area contributed by atoms with Crippen molar-refractivity contribution in [2.45, 2.75) is 6.42 Å². The van der Waals surface area contributed by atoms with Crippen molar-refractivity contribution in [1.82, 2.24) is 4.98 Å². The highest BCUT2D eigenvalue weighted by molar-refractivity contribution is 7.13. The zero-order chi connectivity index (χ0) is 8.27. The molecule has 0 aliphatic heterocycles. The van der Waals surface area contributed by atoms with Crippen LogP contribution in [-0.2, 0) is 6.42 Å². The Morgan fingerprint density at radius 1 is 1.73 bits per heavy atom. The van der Waals surface area contributed by atoms with E-state index in [1.165, 1.54) is 0 Å². The van der Waals surface area contributed by atoms with Crippen LogP contribution in [0.3, 0.4) is 0 Å². The number of thiazole rings is 1. The van der Waals surface area contributed by atoms with Crippen molar-refractivity contribution in [2.24, 2.45) is 0 Å². The summed E-state index contributed by atoms with van der Waals surface area (Å²) >= 11 is 1.66. The first kappa shape index (κ1) is 8.27. The summed E-state index contributed by atoms with van der Waals surface area (Å²) in [6.07, 6.45) is 2.73. The molecule has 60 valence electrons. The van der Waals surface area contributed by atoms with Crippen LogP contribution in [0.5, 0.6) is 0 Å². The van der Waals surface area contributed by atoms with Crippen molar-refractivity contribution < 1.29 is 0 Å². The fourth-order valence-corrected chi connectivity index (χ4v) is 1.51. The van der Waals surface area contributed by atoms with Gasteiger partial charge in [-0.3, -0.25) is 0 Å². The Balaban J connectivity index is 2.73. The molecule has 0 atom stereocenters. The molecule has 11 heavy (non-hydrogen) atoms. The summed E-state index contributed by atoms with van der Waals surface area (Å²) < 4.78 is 0. The molecule has 0 N–H and O–H groups in total. The number of anilines is 1. The molecule has 0 aliphatic rings. The van der Waals surface area contributed by atoms with Gasteiger partial charge in [0.15, 0.2) is 5.13 Å². The van der Waals surface area contributed by atoms with E-state index in [2.05, 4.69) is 16.9 Å². The maximum atomic E-state index is 4.37. The van der Waals surface area contributed by atoms with E-state index in [0.717, 1.165) is 17.2 Å². The highest BCUT2D eigenvalue weighted by atomic mass is 32.1. The lowest BCUT2D eigenvalue weighted by Crippen LogP contribution is -2.07. The highest BCUT2D eigenvalue weighted by Crippen LogP contribution is 2.17. The van der Waals surface area contributed by atoms with Gasteiger partial charge in [0.2, 0.25) is 0 Å². The van der Waals surface area contributed by atoms with E-state index in [4.69, 9.17) is 0 Å². The molecule has 0 aromatic carbocycles. The second-order valence-electron chi connectivity index (χ2n) is 2.51. The van der Waals surface area contributed by atoms with Crippen LogP contribution in [0.2, 0.25) is 0 Å². The van der Waals surface area contributed by atoms with Gasteiger partial charge in [-0.1, -0.05) is 6.08 Å². The average molecular weight is 168 g/mol. The van der Waals surface area contributed by atoms with E-state index >= 15 is 0 Å². The molecule has 0 aliphatic carbocycles. The van der Waals surface area contributed by atoms with Gasteiger partial charge in [-0.05, 0) is 0 Å². The number of rotatable bonds is 3. The molecule has 0 amide bonds. The van der Waals surface area contributed by atoms with Crippen molar-refractivity contribution in [3.63, 3.8) is 0 Å². The average Bonchev–Trinajstić information content (AvgIpc) is 2.37.